The molecule has 2 atom stereocenters. The van der Waals surface area contributed by atoms with E-state index in [1.54, 1.807) is 18.5 Å². The lowest BCUT2D eigenvalue weighted by atomic mass is 10.2. The first-order chi connectivity index (χ1) is 14.9. The standard InChI is InChI=1S/C21H20Cl2N4O4/c1-12-15-4-6-27(20(15)26-11-25-12)13-2-3-14(8-13)31-19-10-17(23)16(22)9-18(19)30-7-5-24-21(28)29/h2-4,6,9-11,13-14,24H,5,7-8H2,1H3,(H,28,29)/t13-,14+/m0/s1. The Labute approximate surface area is 188 Å². The Kier molecular flexibility index (Phi) is 6.20. The maximum absolute atomic E-state index is 10.6. The van der Waals surface area contributed by atoms with Crippen LogP contribution in [0.1, 0.15) is 18.2 Å². The summed E-state index contributed by atoms with van der Waals surface area (Å²) in [5, 5.41) is 12.6. The molecule has 8 nitrogen and oxygen atoms in total. The van der Waals surface area contributed by atoms with Crippen molar-refractivity contribution in [1.29, 1.82) is 0 Å². The van der Waals surface area contributed by atoms with E-state index in [1.807, 2.05) is 25.3 Å². The van der Waals surface area contributed by atoms with Gasteiger partial charge in [-0.05, 0) is 19.1 Å². The fourth-order valence-electron chi connectivity index (χ4n) is 3.50. The zero-order chi connectivity index (χ0) is 22.0. The zero-order valence-corrected chi connectivity index (χ0v) is 18.1. The molecule has 2 aromatic heterocycles. The maximum Gasteiger partial charge on any atom is 0.404 e. The quantitative estimate of drug-likeness (QED) is 0.391. The Bertz CT molecular complexity index is 1150. The molecule has 3 aromatic rings. The summed E-state index contributed by atoms with van der Waals surface area (Å²) in [5.41, 5.74) is 1.82. The summed E-state index contributed by atoms with van der Waals surface area (Å²) in [6.07, 6.45) is 7.02. The number of nitrogens with one attached hydrogen (secondary N) is 1. The van der Waals surface area contributed by atoms with Gasteiger partial charge >= 0.3 is 6.09 Å². The minimum atomic E-state index is -1.12. The Morgan fingerprint density at radius 3 is 2.81 bits per heavy atom. The molecule has 1 aliphatic carbocycles. The third-order valence-electron chi connectivity index (χ3n) is 4.99. The van der Waals surface area contributed by atoms with Gasteiger partial charge < -0.3 is 24.5 Å². The highest BCUT2D eigenvalue weighted by Gasteiger charge is 2.25. The average molecular weight is 463 g/mol. The number of carbonyl (C=O) groups is 1. The van der Waals surface area contributed by atoms with Gasteiger partial charge in [0.2, 0.25) is 0 Å². The van der Waals surface area contributed by atoms with Crippen LogP contribution >= 0.6 is 23.2 Å². The van der Waals surface area contributed by atoms with Crippen LogP contribution in [0.4, 0.5) is 4.79 Å². The molecule has 162 valence electrons. The summed E-state index contributed by atoms with van der Waals surface area (Å²) in [4.78, 5) is 19.3. The molecule has 2 heterocycles. The molecule has 0 fully saturated rings. The topological polar surface area (TPSA) is 98.5 Å². The van der Waals surface area contributed by atoms with Crippen LogP contribution in [0.5, 0.6) is 11.5 Å². The molecule has 1 amide bonds. The van der Waals surface area contributed by atoms with Crippen molar-refractivity contribution in [3.05, 3.63) is 58.6 Å². The van der Waals surface area contributed by atoms with Gasteiger partial charge in [-0.15, -0.1) is 0 Å². The number of hydrogen-bond acceptors (Lipinski definition) is 5. The van der Waals surface area contributed by atoms with E-state index in [2.05, 4.69) is 25.9 Å². The lowest BCUT2D eigenvalue weighted by Crippen LogP contribution is -2.26. The van der Waals surface area contributed by atoms with Crippen LogP contribution in [0.3, 0.4) is 0 Å². The van der Waals surface area contributed by atoms with Gasteiger partial charge in [0, 0.05) is 30.1 Å². The summed E-state index contributed by atoms with van der Waals surface area (Å²) in [7, 11) is 0. The number of halogens is 2. The van der Waals surface area contributed by atoms with Crippen LogP contribution in [0, 0.1) is 6.92 Å². The van der Waals surface area contributed by atoms with Crippen molar-refractivity contribution >= 4 is 40.3 Å². The van der Waals surface area contributed by atoms with E-state index in [0.29, 0.717) is 28.0 Å². The van der Waals surface area contributed by atoms with Crippen molar-refractivity contribution in [1.82, 2.24) is 19.9 Å². The van der Waals surface area contributed by atoms with Crippen molar-refractivity contribution in [2.24, 2.45) is 0 Å². The summed E-state index contributed by atoms with van der Waals surface area (Å²) < 4.78 is 13.9. The molecule has 0 aliphatic heterocycles. The number of fused-ring (bicyclic) bond motifs is 1. The van der Waals surface area contributed by atoms with Gasteiger partial charge in [0.15, 0.2) is 11.5 Å². The van der Waals surface area contributed by atoms with Gasteiger partial charge in [0.25, 0.3) is 0 Å². The first-order valence-corrected chi connectivity index (χ1v) is 10.4. The molecule has 0 bridgehead atoms. The van der Waals surface area contributed by atoms with E-state index in [1.165, 1.54) is 0 Å². The Hall–Kier alpha value is -2.97. The molecule has 0 spiro atoms. The number of aryl methyl sites for hydroxylation is 1. The minimum absolute atomic E-state index is 0.0868. The number of ether oxygens (including phenoxy) is 2. The SMILES string of the molecule is Cc1ncnc2c1ccn2[C@H]1C=C[C@@H](Oc2cc(Cl)c(Cl)cc2OCCNC(=O)O)C1. The second-order valence-electron chi connectivity index (χ2n) is 7.06. The van der Waals surface area contributed by atoms with Crippen molar-refractivity contribution in [3.63, 3.8) is 0 Å². The average Bonchev–Trinajstić information content (AvgIpc) is 3.36. The third kappa shape index (κ3) is 4.70. The number of benzene rings is 1. The second-order valence-corrected chi connectivity index (χ2v) is 7.87. The second kappa shape index (κ2) is 9.03. The van der Waals surface area contributed by atoms with E-state index in [4.69, 9.17) is 37.8 Å². The lowest BCUT2D eigenvalue weighted by molar-refractivity contribution is 0.189. The Morgan fingerprint density at radius 1 is 1.26 bits per heavy atom. The van der Waals surface area contributed by atoms with Crippen LogP contribution in [-0.2, 0) is 0 Å². The van der Waals surface area contributed by atoms with E-state index < -0.39 is 6.09 Å². The van der Waals surface area contributed by atoms with Crippen molar-refractivity contribution in [3.8, 4) is 11.5 Å². The minimum Gasteiger partial charge on any atom is -0.488 e. The van der Waals surface area contributed by atoms with Crippen molar-refractivity contribution in [2.45, 2.75) is 25.5 Å². The predicted molar refractivity (Wildman–Crippen MR) is 117 cm³/mol. The summed E-state index contributed by atoms with van der Waals surface area (Å²) in [5.74, 6) is 0.837. The molecule has 31 heavy (non-hydrogen) atoms. The van der Waals surface area contributed by atoms with Gasteiger partial charge in [0.1, 0.15) is 24.7 Å². The van der Waals surface area contributed by atoms with Crippen LogP contribution in [0.25, 0.3) is 11.0 Å². The number of hydrogen-bond donors (Lipinski definition) is 2. The Balaban J connectivity index is 1.47. The van der Waals surface area contributed by atoms with E-state index >= 15 is 0 Å². The van der Waals surface area contributed by atoms with E-state index in [0.717, 1.165) is 16.7 Å². The fraction of sp³-hybridized carbons (Fsp3) is 0.286. The van der Waals surface area contributed by atoms with Gasteiger partial charge in [-0.2, -0.15) is 0 Å². The van der Waals surface area contributed by atoms with Gasteiger partial charge in [-0.25, -0.2) is 14.8 Å². The highest BCUT2D eigenvalue weighted by molar-refractivity contribution is 6.42. The van der Waals surface area contributed by atoms with Crippen LogP contribution in [0.15, 0.2) is 42.9 Å². The normalized spacial score (nSPS) is 17.8. The van der Waals surface area contributed by atoms with Crippen LogP contribution < -0.4 is 14.8 Å². The maximum atomic E-state index is 10.6. The number of nitrogens with zero attached hydrogens (tertiary/aromatic N) is 3. The third-order valence-corrected chi connectivity index (χ3v) is 5.71. The number of carboxylic acid groups (broad SMARTS) is 1. The van der Waals surface area contributed by atoms with Gasteiger partial charge in [-0.3, -0.25) is 0 Å². The van der Waals surface area contributed by atoms with E-state index in [9.17, 15) is 4.79 Å². The molecule has 0 saturated heterocycles. The van der Waals surface area contributed by atoms with Crippen molar-refractivity contribution in [2.75, 3.05) is 13.2 Å². The van der Waals surface area contributed by atoms with E-state index in [-0.39, 0.29) is 25.3 Å². The molecule has 2 N–H and O–H groups in total. The van der Waals surface area contributed by atoms with Gasteiger partial charge in [0.05, 0.1) is 28.3 Å². The molecule has 1 aliphatic rings. The molecular weight excluding hydrogens is 443 g/mol. The largest absolute Gasteiger partial charge is 0.488 e. The molecule has 1 aromatic carbocycles. The van der Waals surface area contributed by atoms with Crippen molar-refractivity contribution < 1.29 is 19.4 Å². The molecule has 0 unspecified atom stereocenters. The monoisotopic (exact) mass is 462 g/mol. The highest BCUT2D eigenvalue weighted by Crippen LogP contribution is 2.38. The summed E-state index contributed by atoms with van der Waals surface area (Å²) in [6.45, 7) is 2.21. The summed E-state index contributed by atoms with van der Waals surface area (Å²) >= 11 is 12.3. The molecule has 0 saturated carbocycles. The molecule has 4 rings (SSSR count). The lowest BCUT2D eigenvalue weighted by Gasteiger charge is -2.19. The molecular formula is C21H20Cl2N4O4. The predicted octanol–water partition coefficient (Wildman–Crippen LogP) is 4.64. The molecule has 10 heteroatoms. The number of rotatable bonds is 7. The Morgan fingerprint density at radius 2 is 2.03 bits per heavy atom. The van der Waals surface area contributed by atoms with Gasteiger partial charge in [-0.1, -0.05) is 29.3 Å². The molecule has 0 radical (unpaired) electrons. The first-order valence-electron chi connectivity index (χ1n) is 9.64. The summed E-state index contributed by atoms with van der Waals surface area (Å²) in [6, 6.07) is 5.27. The number of amides is 1. The highest BCUT2D eigenvalue weighted by atomic mass is 35.5. The number of allylic oxidation sites excluding steroid dienone is 1. The first kappa shape index (κ1) is 21.3. The zero-order valence-electron chi connectivity index (χ0n) is 16.6. The van der Waals surface area contributed by atoms with Crippen LogP contribution in [-0.4, -0.2) is 45.0 Å². The fourth-order valence-corrected chi connectivity index (χ4v) is 3.81. The number of aromatic nitrogens is 3. The smallest absolute Gasteiger partial charge is 0.404 e. The van der Waals surface area contributed by atoms with Crippen LogP contribution in [0.2, 0.25) is 10.0 Å².